The van der Waals surface area contributed by atoms with Crippen molar-refractivity contribution < 1.29 is 13.9 Å². The lowest BCUT2D eigenvalue weighted by molar-refractivity contribution is 0.0927. The van der Waals surface area contributed by atoms with E-state index in [0.29, 0.717) is 29.6 Å². The van der Waals surface area contributed by atoms with Gasteiger partial charge in [0.2, 0.25) is 5.89 Å². The monoisotopic (exact) mass is 420 g/mol. The Balaban J connectivity index is 1.58. The Morgan fingerprint density at radius 1 is 1.03 bits per heavy atom. The number of aromatic nitrogens is 2. The lowest BCUT2D eigenvalue weighted by atomic mass is 10.1. The van der Waals surface area contributed by atoms with Gasteiger partial charge in [0.1, 0.15) is 11.8 Å². The summed E-state index contributed by atoms with van der Waals surface area (Å²) < 4.78 is 11.4. The van der Waals surface area contributed by atoms with E-state index in [1.807, 2.05) is 42.5 Å². The molecule has 0 saturated carbocycles. The number of hydrogen-bond acceptors (Lipinski definition) is 6. The number of para-hydroxylation sites is 1. The van der Waals surface area contributed by atoms with E-state index >= 15 is 0 Å². The minimum absolute atomic E-state index is 0.243. The summed E-state index contributed by atoms with van der Waals surface area (Å²) in [5, 5.41) is 11.7. The normalized spacial score (nSPS) is 15.2. The smallest absolute Gasteiger partial charge is 0.318 e. The molecule has 2 aromatic carbocycles. The number of hydrogen-bond donors (Lipinski definition) is 1. The maximum Gasteiger partial charge on any atom is 0.318 e. The molecule has 1 aliphatic heterocycles. The van der Waals surface area contributed by atoms with Crippen molar-refractivity contribution in [3.63, 3.8) is 0 Å². The summed E-state index contributed by atoms with van der Waals surface area (Å²) in [6.07, 6.45) is 5.24. The SMILES string of the molecule is COc1ccccc1C(=O)N[C@H](Cc1ccccc1)c1nnc(N2CCCCCC2)o1. The van der Waals surface area contributed by atoms with E-state index in [1.165, 1.54) is 12.8 Å². The number of carbonyl (C=O) groups excluding carboxylic acids is 1. The van der Waals surface area contributed by atoms with E-state index in [9.17, 15) is 4.79 Å². The van der Waals surface area contributed by atoms with Gasteiger partial charge in [0.25, 0.3) is 5.91 Å². The van der Waals surface area contributed by atoms with Gasteiger partial charge in [0, 0.05) is 19.5 Å². The first-order valence-corrected chi connectivity index (χ1v) is 10.8. The van der Waals surface area contributed by atoms with Crippen LogP contribution < -0.4 is 15.0 Å². The van der Waals surface area contributed by atoms with Crippen LogP contribution in [0, 0.1) is 0 Å². The average Bonchev–Trinajstić information content (AvgIpc) is 3.14. The third kappa shape index (κ3) is 5.23. The summed E-state index contributed by atoms with van der Waals surface area (Å²) in [4.78, 5) is 15.2. The number of carbonyl (C=O) groups is 1. The molecule has 1 amide bonds. The molecule has 0 bridgehead atoms. The predicted octanol–water partition coefficient (Wildman–Crippen LogP) is 4.17. The zero-order valence-electron chi connectivity index (χ0n) is 17.8. The van der Waals surface area contributed by atoms with Gasteiger partial charge in [-0.15, -0.1) is 5.10 Å². The minimum atomic E-state index is -0.451. The molecule has 31 heavy (non-hydrogen) atoms. The Hall–Kier alpha value is -3.35. The van der Waals surface area contributed by atoms with Crippen molar-refractivity contribution in [1.29, 1.82) is 0 Å². The van der Waals surface area contributed by atoms with Gasteiger partial charge in [-0.25, -0.2) is 0 Å². The second kappa shape index (κ2) is 10.1. The molecule has 1 N–H and O–H groups in total. The van der Waals surface area contributed by atoms with Gasteiger partial charge in [-0.05, 0) is 30.5 Å². The highest BCUT2D eigenvalue weighted by atomic mass is 16.5. The minimum Gasteiger partial charge on any atom is -0.496 e. The van der Waals surface area contributed by atoms with E-state index in [4.69, 9.17) is 9.15 Å². The molecule has 2 heterocycles. The Kier molecular flexibility index (Phi) is 6.82. The van der Waals surface area contributed by atoms with Crippen molar-refractivity contribution in [3.8, 4) is 5.75 Å². The van der Waals surface area contributed by atoms with Crippen LogP contribution in [0.2, 0.25) is 0 Å². The van der Waals surface area contributed by atoms with E-state index in [2.05, 4.69) is 20.4 Å². The van der Waals surface area contributed by atoms with Crippen LogP contribution in [0.15, 0.2) is 59.0 Å². The summed E-state index contributed by atoms with van der Waals surface area (Å²) in [5.74, 6) is 0.688. The van der Waals surface area contributed by atoms with Gasteiger partial charge >= 0.3 is 6.01 Å². The lowest BCUT2D eigenvalue weighted by Crippen LogP contribution is -2.30. The zero-order valence-corrected chi connectivity index (χ0v) is 17.8. The highest BCUT2D eigenvalue weighted by Gasteiger charge is 2.25. The van der Waals surface area contributed by atoms with Crippen molar-refractivity contribution in [2.24, 2.45) is 0 Å². The summed E-state index contributed by atoms with van der Waals surface area (Å²) in [5.41, 5.74) is 1.54. The fourth-order valence-corrected chi connectivity index (χ4v) is 3.88. The van der Waals surface area contributed by atoms with E-state index < -0.39 is 6.04 Å². The highest BCUT2D eigenvalue weighted by molar-refractivity contribution is 5.97. The van der Waals surface area contributed by atoms with E-state index in [1.54, 1.807) is 19.2 Å². The number of amides is 1. The molecule has 0 aliphatic carbocycles. The first-order chi connectivity index (χ1) is 15.2. The third-order valence-electron chi connectivity index (χ3n) is 5.54. The number of methoxy groups -OCH3 is 1. The first kappa shape index (κ1) is 20.9. The molecule has 162 valence electrons. The summed E-state index contributed by atoms with van der Waals surface area (Å²) >= 11 is 0. The number of nitrogens with zero attached hydrogens (tertiary/aromatic N) is 3. The van der Waals surface area contributed by atoms with Crippen molar-refractivity contribution in [1.82, 2.24) is 15.5 Å². The molecule has 0 unspecified atom stereocenters. The largest absolute Gasteiger partial charge is 0.496 e. The topological polar surface area (TPSA) is 80.5 Å². The van der Waals surface area contributed by atoms with Crippen LogP contribution in [0.1, 0.15) is 53.5 Å². The quantitative estimate of drug-likeness (QED) is 0.618. The molecule has 7 heteroatoms. The molecular formula is C24H28N4O3. The second-order valence-electron chi connectivity index (χ2n) is 7.74. The fraction of sp³-hybridized carbons (Fsp3) is 0.375. The Morgan fingerprint density at radius 3 is 2.48 bits per heavy atom. The van der Waals surface area contributed by atoms with Crippen LogP contribution in [0.5, 0.6) is 5.75 Å². The molecule has 1 aliphatic rings. The number of ether oxygens (including phenoxy) is 1. The van der Waals surface area contributed by atoms with Crippen molar-refractivity contribution in [2.45, 2.75) is 38.1 Å². The molecule has 1 aromatic heterocycles. The van der Waals surface area contributed by atoms with Gasteiger partial charge in [0.15, 0.2) is 0 Å². The average molecular weight is 421 g/mol. The molecule has 0 spiro atoms. The molecule has 0 radical (unpaired) electrons. The van der Waals surface area contributed by atoms with Gasteiger partial charge in [-0.1, -0.05) is 60.4 Å². The zero-order chi connectivity index (χ0) is 21.5. The molecule has 1 saturated heterocycles. The Labute approximate surface area is 182 Å². The van der Waals surface area contributed by atoms with E-state index in [0.717, 1.165) is 31.5 Å². The summed E-state index contributed by atoms with van der Waals surface area (Å²) in [7, 11) is 1.55. The van der Waals surface area contributed by atoms with Crippen LogP contribution in [0.25, 0.3) is 0 Å². The number of nitrogens with one attached hydrogen (secondary N) is 1. The summed E-state index contributed by atoms with van der Waals surface area (Å²) in [6.45, 7) is 1.83. The standard InChI is InChI=1S/C24H28N4O3/c1-30-21-14-8-7-13-19(21)22(29)25-20(17-18-11-5-4-6-12-18)23-26-27-24(31-23)28-15-9-2-3-10-16-28/h4-8,11-14,20H,2-3,9-10,15-17H2,1H3,(H,25,29)/t20-/m1/s1. The number of rotatable bonds is 7. The number of benzene rings is 2. The number of anilines is 1. The summed E-state index contributed by atoms with van der Waals surface area (Å²) in [6, 6.07) is 17.2. The van der Waals surface area contributed by atoms with Crippen LogP contribution in [0.4, 0.5) is 6.01 Å². The van der Waals surface area contributed by atoms with Crippen molar-refractivity contribution >= 4 is 11.9 Å². The van der Waals surface area contributed by atoms with Crippen LogP contribution in [-0.4, -0.2) is 36.3 Å². The second-order valence-corrected chi connectivity index (χ2v) is 7.74. The predicted molar refractivity (Wildman–Crippen MR) is 118 cm³/mol. The highest BCUT2D eigenvalue weighted by Crippen LogP contribution is 2.25. The Morgan fingerprint density at radius 2 is 1.74 bits per heavy atom. The van der Waals surface area contributed by atoms with Gasteiger partial charge in [0.05, 0.1) is 12.7 Å². The molecule has 7 nitrogen and oxygen atoms in total. The lowest BCUT2D eigenvalue weighted by Gasteiger charge is -2.18. The molecule has 3 aromatic rings. The van der Waals surface area contributed by atoms with Gasteiger partial charge < -0.3 is 19.4 Å². The molecular weight excluding hydrogens is 392 g/mol. The van der Waals surface area contributed by atoms with E-state index in [-0.39, 0.29) is 5.91 Å². The fourth-order valence-electron chi connectivity index (χ4n) is 3.88. The van der Waals surface area contributed by atoms with Crippen molar-refractivity contribution in [3.05, 3.63) is 71.6 Å². The van der Waals surface area contributed by atoms with Crippen molar-refractivity contribution in [2.75, 3.05) is 25.1 Å². The maximum absolute atomic E-state index is 13.1. The molecule has 1 atom stereocenters. The third-order valence-corrected chi connectivity index (χ3v) is 5.54. The van der Waals surface area contributed by atoms with Gasteiger partial charge in [-0.3, -0.25) is 4.79 Å². The van der Waals surface area contributed by atoms with Crippen LogP contribution in [0.3, 0.4) is 0 Å². The molecule has 4 rings (SSSR count). The van der Waals surface area contributed by atoms with Crippen LogP contribution >= 0.6 is 0 Å². The maximum atomic E-state index is 13.1. The molecule has 1 fully saturated rings. The van der Waals surface area contributed by atoms with Gasteiger partial charge in [-0.2, -0.15) is 0 Å². The van der Waals surface area contributed by atoms with Crippen LogP contribution in [-0.2, 0) is 6.42 Å². The Bertz CT molecular complexity index is 981. The first-order valence-electron chi connectivity index (χ1n) is 10.8.